The van der Waals surface area contributed by atoms with Gasteiger partial charge in [-0.25, -0.2) is 0 Å². The molecule has 0 saturated carbocycles. The van der Waals surface area contributed by atoms with Crippen molar-refractivity contribution < 1.29 is 39.8 Å². The van der Waals surface area contributed by atoms with Crippen molar-refractivity contribution in [3.63, 3.8) is 0 Å². The maximum absolute atomic E-state index is 12.5. The Morgan fingerprint density at radius 2 is 1.79 bits per heavy atom. The summed E-state index contributed by atoms with van der Waals surface area (Å²) in [5.74, 6) is -0.537. The zero-order chi connectivity index (χ0) is 20.7. The molecule has 1 saturated heterocycles. The van der Waals surface area contributed by atoms with E-state index in [1.807, 2.05) is 19.9 Å². The number of rotatable bonds is 5. The largest absolute Gasteiger partial charge is 0.394 e. The number of aliphatic hydroxyl groups is 5. The Bertz CT molecular complexity index is 746. The van der Waals surface area contributed by atoms with Crippen molar-refractivity contribution in [3.8, 4) is 0 Å². The van der Waals surface area contributed by atoms with Gasteiger partial charge < -0.3 is 35.0 Å². The van der Waals surface area contributed by atoms with E-state index in [2.05, 4.69) is 0 Å². The van der Waals surface area contributed by atoms with E-state index in [0.29, 0.717) is 17.5 Å². The number of aryl methyl sites for hydroxylation is 1. The van der Waals surface area contributed by atoms with Crippen molar-refractivity contribution in [1.82, 2.24) is 0 Å². The van der Waals surface area contributed by atoms with Gasteiger partial charge in [0.1, 0.15) is 24.4 Å². The number of carbonyl (C=O) groups is 1. The lowest BCUT2D eigenvalue weighted by Crippen LogP contribution is -2.59. The highest BCUT2D eigenvalue weighted by molar-refractivity contribution is 6.04. The molecule has 1 aromatic carbocycles. The van der Waals surface area contributed by atoms with Gasteiger partial charge in [0.05, 0.1) is 19.3 Å². The molecule has 0 aromatic heterocycles. The lowest BCUT2D eigenvalue weighted by atomic mass is 9.92. The molecule has 0 amide bonds. The Balaban J connectivity index is 1.72. The minimum Gasteiger partial charge on any atom is -0.394 e. The molecule has 0 bridgehead atoms. The normalized spacial score (nSPS) is 35.3. The molecule has 8 heteroatoms. The monoisotopic (exact) mass is 396 g/mol. The molecule has 28 heavy (non-hydrogen) atoms. The first-order valence-electron chi connectivity index (χ1n) is 9.46. The van der Waals surface area contributed by atoms with Crippen LogP contribution in [0.25, 0.3) is 0 Å². The van der Waals surface area contributed by atoms with Crippen molar-refractivity contribution in [1.29, 1.82) is 0 Å². The number of Topliss-reactive ketones (excluding diaryl/α,β-unsaturated/α-hetero) is 1. The molecule has 7 atom stereocenters. The van der Waals surface area contributed by atoms with Gasteiger partial charge in [-0.3, -0.25) is 4.79 Å². The number of ketones is 1. The SMILES string of the molecule is Cc1cc2c(c(C)c1CCO[C@@H]1O[C@H](CO)[C@@H](O)[C@H](O)[C@H]1O)C(=O)[C@@H](C)[C@@H]2O. The topological polar surface area (TPSA) is 137 Å². The van der Waals surface area contributed by atoms with Gasteiger partial charge in [0, 0.05) is 11.5 Å². The molecule has 1 aromatic rings. The van der Waals surface area contributed by atoms with Crippen molar-refractivity contribution in [2.75, 3.05) is 13.2 Å². The summed E-state index contributed by atoms with van der Waals surface area (Å²) in [6.07, 6.45) is -6.93. The first kappa shape index (κ1) is 21.3. The Kier molecular flexibility index (Phi) is 6.21. The summed E-state index contributed by atoms with van der Waals surface area (Å²) in [4.78, 5) is 12.5. The third-order valence-corrected chi connectivity index (χ3v) is 5.90. The van der Waals surface area contributed by atoms with E-state index in [1.54, 1.807) is 6.92 Å². The van der Waals surface area contributed by atoms with E-state index in [1.165, 1.54) is 0 Å². The Morgan fingerprint density at radius 3 is 2.43 bits per heavy atom. The number of carbonyl (C=O) groups excluding carboxylic acids is 1. The zero-order valence-corrected chi connectivity index (χ0v) is 16.2. The minimum absolute atomic E-state index is 0.0731. The van der Waals surface area contributed by atoms with Crippen LogP contribution in [-0.2, 0) is 15.9 Å². The molecule has 1 aliphatic carbocycles. The predicted molar refractivity (Wildman–Crippen MR) is 97.8 cm³/mol. The molecule has 156 valence electrons. The number of ether oxygens (including phenoxy) is 2. The Labute approximate surface area is 163 Å². The summed E-state index contributed by atoms with van der Waals surface area (Å²) in [5.41, 5.74) is 3.87. The molecule has 3 rings (SSSR count). The van der Waals surface area contributed by atoms with E-state index in [0.717, 1.165) is 16.7 Å². The smallest absolute Gasteiger partial charge is 0.186 e. The third-order valence-electron chi connectivity index (χ3n) is 5.90. The fourth-order valence-corrected chi connectivity index (χ4v) is 4.12. The second-order valence-corrected chi connectivity index (χ2v) is 7.68. The summed E-state index contributed by atoms with van der Waals surface area (Å²) in [6, 6.07) is 1.83. The van der Waals surface area contributed by atoms with Crippen molar-refractivity contribution >= 4 is 5.78 Å². The van der Waals surface area contributed by atoms with E-state index in [4.69, 9.17) is 9.47 Å². The maximum Gasteiger partial charge on any atom is 0.186 e. The first-order valence-corrected chi connectivity index (χ1v) is 9.46. The molecule has 8 nitrogen and oxygen atoms in total. The van der Waals surface area contributed by atoms with Gasteiger partial charge in [0.2, 0.25) is 0 Å². The van der Waals surface area contributed by atoms with Crippen LogP contribution >= 0.6 is 0 Å². The van der Waals surface area contributed by atoms with Gasteiger partial charge in [0.15, 0.2) is 12.1 Å². The molecule has 1 fully saturated rings. The molecule has 0 radical (unpaired) electrons. The Morgan fingerprint density at radius 1 is 1.11 bits per heavy atom. The molecule has 5 N–H and O–H groups in total. The lowest BCUT2D eigenvalue weighted by Gasteiger charge is -2.39. The standard InChI is InChI=1S/C20H28O8/c1-8-6-12-14(16(23)10(3)15(12)22)9(2)11(8)4-5-27-20-19(26)18(25)17(24)13(7-21)28-20/h6,10,13,15,17-22,24-26H,4-5,7H2,1-3H3/t10-,13+,15-,17+,18-,19+,20+/m0/s1. The van der Waals surface area contributed by atoms with Crippen molar-refractivity contribution in [3.05, 3.63) is 33.9 Å². The van der Waals surface area contributed by atoms with Gasteiger partial charge in [-0.1, -0.05) is 13.0 Å². The van der Waals surface area contributed by atoms with Crippen LogP contribution in [-0.4, -0.2) is 75.2 Å². The predicted octanol–water partition coefficient (Wildman–Crippen LogP) is -0.472. The molecule has 0 spiro atoms. The van der Waals surface area contributed by atoms with Crippen LogP contribution < -0.4 is 0 Å². The summed E-state index contributed by atoms with van der Waals surface area (Å²) < 4.78 is 10.9. The number of fused-ring (bicyclic) bond motifs is 1. The van der Waals surface area contributed by atoms with E-state index in [-0.39, 0.29) is 12.4 Å². The molecular formula is C20H28O8. The highest BCUT2D eigenvalue weighted by Crippen LogP contribution is 2.39. The van der Waals surface area contributed by atoms with Gasteiger partial charge in [-0.05, 0) is 42.5 Å². The Hall–Kier alpha value is -1.39. The lowest BCUT2D eigenvalue weighted by molar-refractivity contribution is -0.300. The van der Waals surface area contributed by atoms with Crippen molar-refractivity contribution in [2.24, 2.45) is 5.92 Å². The average molecular weight is 396 g/mol. The molecule has 1 aliphatic heterocycles. The summed E-state index contributed by atoms with van der Waals surface area (Å²) >= 11 is 0. The molecular weight excluding hydrogens is 368 g/mol. The fraction of sp³-hybridized carbons (Fsp3) is 0.650. The van der Waals surface area contributed by atoms with Gasteiger partial charge in [0.25, 0.3) is 0 Å². The molecule has 1 heterocycles. The summed E-state index contributed by atoms with van der Waals surface area (Å²) in [5, 5.41) is 49.2. The molecule has 0 unspecified atom stereocenters. The summed E-state index contributed by atoms with van der Waals surface area (Å²) in [7, 11) is 0. The maximum atomic E-state index is 12.5. The van der Waals surface area contributed by atoms with Crippen LogP contribution in [0.15, 0.2) is 6.07 Å². The zero-order valence-electron chi connectivity index (χ0n) is 16.2. The number of benzene rings is 1. The van der Waals surface area contributed by atoms with Crippen LogP contribution in [0.1, 0.15) is 45.6 Å². The van der Waals surface area contributed by atoms with Crippen LogP contribution in [0.3, 0.4) is 0 Å². The minimum atomic E-state index is -1.49. The fourth-order valence-electron chi connectivity index (χ4n) is 4.12. The van der Waals surface area contributed by atoms with E-state index >= 15 is 0 Å². The average Bonchev–Trinajstić information content (AvgIpc) is 2.88. The highest BCUT2D eigenvalue weighted by Gasteiger charge is 2.44. The van der Waals surface area contributed by atoms with E-state index < -0.39 is 49.3 Å². The second-order valence-electron chi connectivity index (χ2n) is 7.68. The second kappa shape index (κ2) is 8.16. The third kappa shape index (κ3) is 3.50. The number of aliphatic hydroxyl groups excluding tert-OH is 5. The van der Waals surface area contributed by atoms with Gasteiger partial charge >= 0.3 is 0 Å². The molecule has 2 aliphatic rings. The van der Waals surface area contributed by atoms with Crippen LogP contribution in [0, 0.1) is 19.8 Å². The quantitative estimate of drug-likeness (QED) is 0.451. The number of hydrogen-bond acceptors (Lipinski definition) is 8. The highest BCUT2D eigenvalue weighted by atomic mass is 16.7. The van der Waals surface area contributed by atoms with E-state index in [9.17, 15) is 30.3 Å². The summed E-state index contributed by atoms with van der Waals surface area (Å²) in [6.45, 7) is 5.07. The van der Waals surface area contributed by atoms with Gasteiger partial charge in [-0.2, -0.15) is 0 Å². The van der Waals surface area contributed by atoms with Crippen LogP contribution in [0.2, 0.25) is 0 Å². The number of hydrogen-bond donors (Lipinski definition) is 5. The van der Waals surface area contributed by atoms with Crippen molar-refractivity contribution in [2.45, 2.75) is 64.0 Å². The van der Waals surface area contributed by atoms with Gasteiger partial charge in [-0.15, -0.1) is 0 Å². The first-order chi connectivity index (χ1) is 13.2. The van der Waals surface area contributed by atoms with Crippen LogP contribution in [0.4, 0.5) is 0 Å². The van der Waals surface area contributed by atoms with Crippen LogP contribution in [0.5, 0.6) is 0 Å².